The van der Waals surface area contributed by atoms with Crippen LogP contribution in [0.1, 0.15) is 18.7 Å². The average Bonchev–Trinajstić information content (AvgIpc) is 2.98. The first kappa shape index (κ1) is 10.3. The van der Waals surface area contributed by atoms with Gasteiger partial charge in [-0.1, -0.05) is 0 Å². The monoisotopic (exact) mass is 234 g/mol. The lowest BCUT2D eigenvalue weighted by Crippen LogP contribution is -2.19. The lowest BCUT2D eigenvalue weighted by Gasteiger charge is -1.98. The van der Waals surface area contributed by atoms with Crippen LogP contribution < -0.4 is 16.6 Å². The number of fused-ring (bicyclic) bond motifs is 1. The number of rotatable bonds is 4. The molecule has 0 unspecified atom stereocenters. The van der Waals surface area contributed by atoms with Crippen molar-refractivity contribution in [1.29, 1.82) is 0 Å². The number of nitrogen functional groups attached to an aromatic ring is 1. The van der Waals surface area contributed by atoms with Gasteiger partial charge in [-0.2, -0.15) is 4.98 Å². The molecule has 1 aliphatic carbocycles. The molecule has 0 bridgehead atoms. The van der Waals surface area contributed by atoms with Crippen molar-refractivity contribution >= 4 is 17.1 Å². The number of H-pyrrole nitrogens is 2. The van der Waals surface area contributed by atoms with Gasteiger partial charge in [-0.25, -0.2) is 4.98 Å². The van der Waals surface area contributed by atoms with Gasteiger partial charge in [0, 0.05) is 19.0 Å². The van der Waals surface area contributed by atoms with Crippen molar-refractivity contribution in [3.8, 4) is 0 Å². The zero-order chi connectivity index (χ0) is 11.8. The second kappa shape index (κ2) is 3.85. The van der Waals surface area contributed by atoms with E-state index in [2.05, 4.69) is 25.3 Å². The molecule has 1 aliphatic rings. The van der Waals surface area contributed by atoms with Crippen molar-refractivity contribution in [2.24, 2.45) is 0 Å². The highest BCUT2D eigenvalue weighted by atomic mass is 16.1. The molecule has 0 saturated heterocycles. The second-order valence-corrected chi connectivity index (χ2v) is 4.31. The largest absolute Gasteiger partial charge is 0.369 e. The van der Waals surface area contributed by atoms with Gasteiger partial charge in [0.05, 0.1) is 0 Å². The van der Waals surface area contributed by atoms with Gasteiger partial charge in [-0.3, -0.25) is 9.78 Å². The third-order valence-electron chi connectivity index (χ3n) is 2.80. The summed E-state index contributed by atoms with van der Waals surface area (Å²) < 4.78 is 0. The van der Waals surface area contributed by atoms with Crippen LogP contribution in [-0.2, 0) is 6.42 Å². The number of aromatic nitrogens is 4. The highest BCUT2D eigenvalue weighted by Gasteiger charge is 2.19. The Morgan fingerprint density at radius 3 is 2.94 bits per heavy atom. The van der Waals surface area contributed by atoms with Crippen molar-refractivity contribution in [2.75, 3.05) is 12.3 Å². The van der Waals surface area contributed by atoms with E-state index >= 15 is 0 Å². The third kappa shape index (κ3) is 2.14. The zero-order valence-corrected chi connectivity index (χ0v) is 9.29. The molecule has 5 N–H and O–H groups in total. The Labute approximate surface area is 96.9 Å². The first-order chi connectivity index (χ1) is 8.22. The first-order valence-corrected chi connectivity index (χ1v) is 5.70. The average molecular weight is 234 g/mol. The fourth-order valence-electron chi connectivity index (χ4n) is 1.77. The third-order valence-corrected chi connectivity index (χ3v) is 2.80. The fraction of sp³-hybridized carbons (Fsp3) is 0.500. The SMILES string of the molecule is Nc1nc2nc(CCNC3CC3)[nH]c2c(=O)[nH]1. The molecule has 17 heavy (non-hydrogen) atoms. The van der Waals surface area contributed by atoms with Gasteiger partial charge >= 0.3 is 0 Å². The summed E-state index contributed by atoms with van der Waals surface area (Å²) in [6, 6.07) is 0.677. The summed E-state index contributed by atoms with van der Waals surface area (Å²) in [7, 11) is 0. The van der Waals surface area contributed by atoms with Crippen molar-refractivity contribution in [3.63, 3.8) is 0 Å². The molecule has 0 aromatic carbocycles. The smallest absolute Gasteiger partial charge is 0.278 e. The number of imidazole rings is 1. The van der Waals surface area contributed by atoms with Crippen LogP contribution in [0.25, 0.3) is 11.2 Å². The summed E-state index contributed by atoms with van der Waals surface area (Å²) in [6.07, 6.45) is 3.28. The van der Waals surface area contributed by atoms with Crippen molar-refractivity contribution in [3.05, 3.63) is 16.2 Å². The van der Waals surface area contributed by atoms with Crippen LogP contribution in [0.2, 0.25) is 0 Å². The summed E-state index contributed by atoms with van der Waals surface area (Å²) in [5.74, 6) is 0.855. The van der Waals surface area contributed by atoms with Gasteiger partial charge in [0.1, 0.15) is 5.82 Å². The number of nitrogens with two attached hydrogens (primary N) is 1. The predicted octanol–water partition coefficient (Wildman–Crippen LogP) is -0.477. The highest BCUT2D eigenvalue weighted by Crippen LogP contribution is 2.18. The van der Waals surface area contributed by atoms with Crippen LogP contribution in [0.5, 0.6) is 0 Å². The van der Waals surface area contributed by atoms with E-state index in [1.807, 2.05) is 0 Å². The van der Waals surface area contributed by atoms with Crippen molar-refractivity contribution < 1.29 is 0 Å². The molecule has 0 radical (unpaired) electrons. The minimum absolute atomic E-state index is 0.0941. The highest BCUT2D eigenvalue weighted by molar-refractivity contribution is 5.70. The number of nitrogens with zero attached hydrogens (tertiary/aromatic N) is 2. The summed E-state index contributed by atoms with van der Waals surface area (Å²) in [4.78, 5) is 25.2. The van der Waals surface area contributed by atoms with E-state index in [0.29, 0.717) is 17.2 Å². The maximum atomic E-state index is 11.5. The van der Waals surface area contributed by atoms with E-state index in [1.165, 1.54) is 12.8 Å². The van der Waals surface area contributed by atoms with E-state index < -0.39 is 0 Å². The number of anilines is 1. The van der Waals surface area contributed by atoms with E-state index in [-0.39, 0.29) is 11.5 Å². The second-order valence-electron chi connectivity index (χ2n) is 4.31. The summed E-state index contributed by atoms with van der Waals surface area (Å²) in [5, 5.41) is 3.38. The lowest BCUT2D eigenvalue weighted by atomic mass is 10.4. The quantitative estimate of drug-likeness (QED) is 0.571. The Balaban J connectivity index is 1.80. The molecule has 2 heterocycles. The minimum atomic E-state index is -0.276. The van der Waals surface area contributed by atoms with Gasteiger partial charge in [0.15, 0.2) is 11.2 Å². The Hall–Kier alpha value is -1.89. The van der Waals surface area contributed by atoms with Gasteiger partial charge in [-0.15, -0.1) is 0 Å². The first-order valence-electron chi connectivity index (χ1n) is 5.70. The summed E-state index contributed by atoms with van der Waals surface area (Å²) in [5.41, 5.74) is 5.94. The Morgan fingerprint density at radius 1 is 1.35 bits per heavy atom. The van der Waals surface area contributed by atoms with Crippen molar-refractivity contribution in [1.82, 2.24) is 25.3 Å². The van der Waals surface area contributed by atoms with Gasteiger partial charge in [0.25, 0.3) is 5.56 Å². The normalized spacial score (nSPS) is 15.5. The van der Waals surface area contributed by atoms with Crippen LogP contribution in [-0.4, -0.2) is 32.5 Å². The number of nitrogens with one attached hydrogen (secondary N) is 3. The molecule has 2 aromatic rings. The maximum absolute atomic E-state index is 11.5. The number of aromatic amines is 2. The molecule has 3 rings (SSSR count). The molecular weight excluding hydrogens is 220 g/mol. The molecule has 7 nitrogen and oxygen atoms in total. The Kier molecular flexibility index (Phi) is 2.32. The van der Waals surface area contributed by atoms with E-state index in [1.54, 1.807) is 0 Å². The van der Waals surface area contributed by atoms with Crippen LogP contribution in [0, 0.1) is 0 Å². The van der Waals surface area contributed by atoms with Crippen LogP contribution >= 0.6 is 0 Å². The van der Waals surface area contributed by atoms with Crippen LogP contribution in [0.3, 0.4) is 0 Å². The van der Waals surface area contributed by atoms with Gasteiger partial charge in [0.2, 0.25) is 5.95 Å². The van der Waals surface area contributed by atoms with Crippen LogP contribution in [0.15, 0.2) is 4.79 Å². The molecule has 2 aromatic heterocycles. The fourth-order valence-corrected chi connectivity index (χ4v) is 1.77. The molecular formula is C10H14N6O. The maximum Gasteiger partial charge on any atom is 0.278 e. The topological polar surface area (TPSA) is 112 Å². The van der Waals surface area contributed by atoms with E-state index in [4.69, 9.17) is 5.73 Å². The molecule has 90 valence electrons. The number of hydrogen-bond donors (Lipinski definition) is 4. The molecule has 0 amide bonds. The standard InChI is InChI=1S/C10H14N6O/c11-10-15-8-7(9(17)16-10)13-6(14-8)3-4-12-5-1-2-5/h5,12H,1-4H2,(H4,11,13,14,15,16,17). The van der Waals surface area contributed by atoms with E-state index in [9.17, 15) is 4.79 Å². The number of hydrogen-bond acceptors (Lipinski definition) is 5. The summed E-state index contributed by atoms with van der Waals surface area (Å²) in [6.45, 7) is 0.859. The van der Waals surface area contributed by atoms with Crippen molar-refractivity contribution in [2.45, 2.75) is 25.3 Å². The summed E-state index contributed by atoms with van der Waals surface area (Å²) >= 11 is 0. The predicted molar refractivity (Wildman–Crippen MR) is 63.7 cm³/mol. The van der Waals surface area contributed by atoms with Gasteiger partial charge in [-0.05, 0) is 12.8 Å². The molecule has 0 atom stereocenters. The molecule has 1 saturated carbocycles. The van der Waals surface area contributed by atoms with E-state index in [0.717, 1.165) is 18.8 Å². The zero-order valence-electron chi connectivity index (χ0n) is 9.29. The molecule has 7 heteroatoms. The molecule has 0 aliphatic heterocycles. The Bertz CT molecular complexity index is 596. The lowest BCUT2D eigenvalue weighted by molar-refractivity contribution is 0.670. The van der Waals surface area contributed by atoms with Crippen LogP contribution in [0.4, 0.5) is 5.95 Å². The molecule has 1 fully saturated rings. The Morgan fingerprint density at radius 2 is 2.18 bits per heavy atom. The van der Waals surface area contributed by atoms with Gasteiger partial charge < -0.3 is 16.0 Å². The minimum Gasteiger partial charge on any atom is -0.369 e. The molecule has 0 spiro atoms.